The first-order chi connectivity index (χ1) is 9.65. The van der Waals surface area contributed by atoms with Gasteiger partial charge in [-0.25, -0.2) is 0 Å². The SMILES string of the molecule is Cc1cc2nnc(CC(=O)N3CCCCC3)n2cc1N. The van der Waals surface area contributed by atoms with Crippen LogP contribution in [0.5, 0.6) is 0 Å². The zero-order chi connectivity index (χ0) is 14.1. The van der Waals surface area contributed by atoms with E-state index in [1.54, 1.807) is 6.20 Å². The molecule has 106 valence electrons. The van der Waals surface area contributed by atoms with Crippen molar-refractivity contribution in [1.82, 2.24) is 19.5 Å². The van der Waals surface area contributed by atoms with E-state index < -0.39 is 0 Å². The number of anilines is 1. The number of likely N-dealkylation sites (tertiary alicyclic amines) is 1. The fourth-order valence-corrected chi connectivity index (χ4v) is 2.61. The smallest absolute Gasteiger partial charge is 0.230 e. The van der Waals surface area contributed by atoms with Gasteiger partial charge < -0.3 is 10.6 Å². The highest BCUT2D eigenvalue weighted by atomic mass is 16.2. The Balaban J connectivity index is 1.83. The minimum absolute atomic E-state index is 0.123. The van der Waals surface area contributed by atoms with Gasteiger partial charge in [0.2, 0.25) is 5.91 Å². The minimum atomic E-state index is 0.123. The van der Waals surface area contributed by atoms with Crippen molar-refractivity contribution in [2.45, 2.75) is 32.6 Å². The number of hydrogen-bond donors (Lipinski definition) is 1. The Hall–Kier alpha value is -2.11. The van der Waals surface area contributed by atoms with Gasteiger partial charge in [0, 0.05) is 19.3 Å². The van der Waals surface area contributed by atoms with Crippen molar-refractivity contribution in [3.63, 3.8) is 0 Å². The molecule has 6 heteroatoms. The van der Waals surface area contributed by atoms with Gasteiger partial charge in [-0.05, 0) is 37.8 Å². The van der Waals surface area contributed by atoms with E-state index in [4.69, 9.17) is 5.73 Å². The molecule has 2 aromatic rings. The van der Waals surface area contributed by atoms with Gasteiger partial charge >= 0.3 is 0 Å². The number of rotatable bonds is 2. The first kappa shape index (κ1) is 12.9. The lowest BCUT2D eigenvalue weighted by Gasteiger charge is -2.26. The van der Waals surface area contributed by atoms with E-state index in [0.717, 1.165) is 37.1 Å². The summed E-state index contributed by atoms with van der Waals surface area (Å²) in [6, 6.07) is 1.89. The van der Waals surface area contributed by atoms with E-state index in [0.29, 0.717) is 11.5 Å². The molecule has 1 amide bonds. The summed E-state index contributed by atoms with van der Waals surface area (Å²) in [6.45, 7) is 3.65. The van der Waals surface area contributed by atoms with Crippen molar-refractivity contribution >= 4 is 17.2 Å². The Morgan fingerprint density at radius 3 is 2.80 bits per heavy atom. The Morgan fingerprint density at radius 1 is 1.30 bits per heavy atom. The molecule has 0 radical (unpaired) electrons. The van der Waals surface area contributed by atoms with Gasteiger partial charge in [-0.2, -0.15) is 0 Å². The number of hydrogen-bond acceptors (Lipinski definition) is 4. The normalized spacial score (nSPS) is 15.8. The molecule has 0 saturated carbocycles. The number of fused-ring (bicyclic) bond motifs is 1. The maximum atomic E-state index is 12.3. The summed E-state index contributed by atoms with van der Waals surface area (Å²) in [4.78, 5) is 14.2. The minimum Gasteiger partial charge on any atom is -0.397 e. The van der Waals surface area contributed by atoms with Crippen LogP contribution in [0.25, 0.3) is 5.65 Å². The number of nitrogens with two attached hydrogens (primary N) is 1. The number of aryl methyl sites for hydroxylation is 1. The van der Waals surface area contributed by atoms with Gasteiger partial charge in [-0.3, -0.25) is 9.20 Å². The summed E-state index contributed by atoms with van der Waals surface area (Å²) < 4.78 is 1.81. The van der Waals surface area contributed by atoms with E-state index in [1.807, 2.05) is 22.3 Å². The molecule has 20 heavy (non-hydrogen) atoms. The second-order valence-corrected chi connectivity index (χ2v) is 5.37. The summed E-state index contributed by atoms with van der Waals surface area (Å²) in [5.41, 5.74) is 8.31. The van der Waals surface area contributed by atoms with Crippen molar-refractivity contribution in [1.29, 1.82) is 0 Å². The largest absolute Gasteiger partial charge is 0.397 e. The van der Waals surface area contributed by atoms with Gasteiger partial charge in [0.25, 0.3) is 0 Å². The average Bonchev–Trinajstić information content (AvgIpc) is 2.83. The zero-order valence-electron chi connectivity index (χ0n) is 11.7. The number of pyridine rings is 1. The molecule has 1 fully saturated rings. The van der Waals surface area contributed by atoms with Gasteiger partial charge in [0.15, 0.2) is 5.65 Å². The fraction of sp³-hybridized carbons (Fsp3) is 0.500. The molecule has 2 N–H and O–H groups in total. The highest BCUT2D eigenvalue weighted by Crippen LogP contribution is 2.15. The Labute approximate surface area is 117 Å². The molecular formula is C14H19N5O. The maximum Gasteiger partial charge on any atom is 0.230 e. The topological polar surface area (TPSA) is 76.5 Å². The Bertz CT molecular complexity index is 642. The van der Waals surface area contributed by atoms with Crippen LogP contribution in [0.4, 0.5) is 5.69 Å². The van der Waals surface area contributed by atoms with Crippen molar-refractivity contribution < 1.29 is 4.79 Å². The highest BCUT2D eigenvalue weighted by Gasteiger charge is 2.19. The van der Waals surface area contributed by atoms with Crippen molar-refractivity contribution in [3.05, 3.63) is 23.7 Å². The van der Waals surface area contributed by atoms with E-state index >= 15 is 0 Å². The molecule has 0 aliphatic carbocycles. The van der Waals surface area contributed by atoms with Gasteiger partial charge in [-0.1, -0.05) is 0 Å². The number of nitrogens with zero attached hydrogens (tertiary/aromatic N) is 4. The molecule has 0 unspecified atom stereocenters. The number of nitrogen functional groups attached to an aromatic ring is 1. The van der Waals surface area contributed by atoms with Crippen LogP contribution in [-0.4, -0.2) is 38.5 Å². The third-order valence-electron chi connectivity index (χ3n) is 3.88. The first-order valence-electron chi connectivity index (χ1n) is 7.02. The number of aromatic nitrogens is 3. The molecule has 3 rings (SSSR count). The molecule has 3 heterocycles. The van der Waals surface area contributed by atoms with Crippen molar-refractivity contribution in [3.8, 4) is 0 Å². The van der Waals surface area contributed by atoms with E-state index in [2.05, 4.69) is 10.2 Å². The molecule has 1 saturated heterocycles. The summed E-state index contributed by atoms with van der Waals surface area (Å²) in [5.74, 6) is 0.778. The molecule has 1 aliphatic rings. The second-order valence-electron chi connectivity index (χ2n) is 5.37. The molecule has 0 atom stereocenters. The monoisotopic (exact) mass is 273 g/mol. The molecule has 0 bridgehead atoms. The number of amides is 1. The van der Waals surface area contributed by atoms with Gasteiger partial charge in [0.05, 0.1) is 12.1 Å². The van der Waals surface area contributed by atoms with Crippen LogP contribution in [0, 0.1) is 6.92 Å². The zero-order valence-corrected chi connectivity index (χ0v) is 11.7. The van der Waals surface area contributed by atoms with E-state index in [9.17, 15) is 4.79 Å². The van der Waals surface area contributed by atoms with Crippen LogP contribution in [0.15, 0.2) is 12.3 Å². The lowest BCUT2D eigenvalue weighted by atomic mass is 10.1. The number of carbonyl (C=O) groups excluding carboxylic acids is 1. The fourth-order valence-electron chi connectivity index (χ4n) is 2.61. The van der Waals surface area contributed by atoms with Crippen LogP contribution < -0.4 is 5.73 Å². The Morgan fingerprint density at radius 2 is 2.05 bits per heavy atom. The molecule has 2 aromatic heterocycles. The predicted octanol–water partition coefficient (Wildman–Crippen LogP) is 1.17. The summed E-state index contributed by atoms with van der Waals surface area (Å²) in [5, 5.41) is 8.23. The summed E-state index contributed by atoms with van der Waals surface area (Å²) in [6.07, 6.45) is 5.48. The number of piperidine rings is 1. The summed E-state index contributed by atoms with van der Waals surface area (Å²) >= 11 is 0. The second kappa shape index (κ2) is 5.11. The highest BCUT2D eigenvalue weighted by molar-refractivity contribution is 5.78. The van der Waals surface area contributed by atoms with Crippen LogP contribution in [0.2, 0.25) is 0 Å². The molecule has 0 aromatic carbocycles. The lowest BCUT2D eigenvalue weighted by Crippen LogP contribution is -2.36. The molecule has 0 spiro atoms. The average molecular weight is 273 g/mol. The van der Waals surface area contributed by atoms with Crippen LogP contribution in [-0.2, 0) is 11.2 Å². The Kier molecular flexibility index (Phi) is 3.30. The van der Waals surface area contributed by atoms with Crippen LogP contribution in [0.3, 0.4) is 0 Å². The van der Waals surface area contributed by atoms with E-state index in [1.165, 1.54) is 6.42 Å². The van der Waals surface area contributed by atoms with Gasteiger partial charge in [-0.15, -0.1) is 10.2 Å². The maximum absolute atomic E-state index is 12.3. The number of carbonyl (C=O) groups is 1. The lowest BCUT2D eigenvalue weighted by molar-refractivity contribution is -0.131. The third kappa shape index (κ3) is 2.33. The van der Waals surface area contributed by atoms with Crippen LogP contribution in [0.1, 0.15) is 30.7 Å². The summed E-state index contributed by atoms with van der Waals surface area (Å²) in [7, 11) is 0. The molecule has 1 aliphatic heterocycles. The van der Waals surface area contributed by atoms with Gasteiger partial charge in [0.1, 0.15) is 5.82 Å². The molecular weight excluding hydrogens is 254 g/mol. The van der Waals surface area contributed by atoms with Crippen molar-refractivity contribution in [2.24, 2.45) is 0 Å². The predicted molar refractivity (Wildman–Crippen MR) is 76.3 cm³/mol. The van der Waals surface area contributed by atoms with Crippen molar-refractivity contribution in [2.75, 3.05) is 18.8 Å². The third-order valence-corrected chi connectivity index (χ3v) is 3.88. The van der Waals surface area contributed by atoms with E-state index in [-0.39, 0.29) is 12.3 Å². The quantitative estimate of drug-likeness (QED) is 0.891. The first-order valence-corrected chi connectivity index (χ1v) is 7.02. The standard InChI is InChI=1S/C14H19N5O/c1-10-7-12-16-17-13(19(12)9-11(10)15)8-14(20)18-5-3-2-4-6-18/h7,9H,2-6,8,15H2,1H3. The molecule has 6 nitrogen and oxygen atoms in total. The van der Waals surface area contributed by atoms with Crippen LogP contribution >= 0.6 is 0 Å².